The second-order valence-electron chi connectivity index (χ2n) is 12.0. The molecule has 1 aromatic heterocycles. The summed E-state index contributed by atoms with van der Waals surface area (Å²) in [6, 6.07) is 1.59. The number of aromatic nitrogens is 2. The van der Waals surface area contributed by atoms with Crippen LogP contribution in [0.4, 0.5) is 0 Å². The fourth-order valence-corrected chi connectivity index (χ4v) is 8.33. The van der Waals surface area contributed by atoms with E-state index in [1.165, 1.54) is 0 Å². The zero-order valence-electron chi connectivity index (χ0n) is 25.8. The fraction of sp³-hybridized carbons (Fsp3) is 0.655. The molecule has 0 spiro atoms. The first-order valence-electron chi connectivity index (χ1n) is 14.1. The monoisotopic (exact) mass is 623 g/mol. The van der Waals surface area contributed by atoms with Crippen LogP contribution in [0.3, 0.4) is 0 Å². The number of thiocarbonyl (C=S) groups is 1. The summed E-state index contributed by atoms with van der Waals surface area (Å²) < 4.78 is 24.0. The van der Waals surface area contributed by atoms with Crippen molar-refractivity contribution in [2.24, 2.45) is 11.8 Å². The number of hydrogen-bond donors (Lipinski definition) is 2. The molecule has 2 aromatic rings. The number of carbonyl (C=O) groups is 1. The molecule has 0 radical (unpaired) electrons. The molecule has 0 aliphatic carbocycles. The number of ether oxygens (including phenoxy) is 2. The summed E-state index contributed by atoms with van der Waals surface area (Å²) in [5.41, 5.74) is 1.90. The highest BCUT2D eigenvalue weighted by Gasteiger charge is 2.45. The molecule has 2 atom stereocenters. The summed E-state index contributed by atoms with van der Waals surface area (Å²) >= 11 is 7.24. The van der Waals surface area contributed by atoms with Crippen molar-refractivity contribution in [1.82, 2.24) is 15.5 Å². The van der Waals surface area contributed by atoms with Crippen LogP contribution in [-0.2, 0) is 10.5 Å². The van der Waals surface area contributed by atoms with Gasteiger partial charge in [-0.15, -0.1) is 0 Å². The van der Waals surface area contributed by atoms with Gasteiger partial charge in [-0.25, -0.2) is 4.79 Å². The molecule has 228 valence electrons. The minimum Gasteiger partial charge on any atom is -0.543 e. The summed E-state index contributed by atoms with van der Waals surface area (Å²) in [7, 11) is -0.763. The van der Waals surface area contributed by atoms with Crippen molar-refractivity contribution in [3.05, 3.63) is 34.5 Å². The molecule has 9 nitrogen and oxygen atoms in total. The van der Waals surface area contributed by atoms with Crippen LogP contribution in [0.2, 0.25) is 18.1 Å². The molecule has 1 aliphatic heterocycles. The van der Waals surface area contributed by atoms with Gasteiger partial charge in [-0.2, -0.15) is 16.7 Å². The van der Waals surface area contributed by atoms with Gasteiger partial charge in [-0.3, -0.25) is 0 Å². The van der Waals surface area contributed by atoms with Gasteiger partial charge < -0.3 is 28.8 Å². The molecule has 0 fully saturated rings. The number of cyclic esters (lactones) is 1. The molecule has 2 N–H and O–H groups in total. The molecular weight excluding hydrogens is 579 g/mol. The Morgan fingerprint density at radius 3 is 2.59 bits per heavy atom. The Labute approximate surface area is 254 Å². The Kier molecular flexibility index (Phi) is 11.3. The molecule has 2 heterocycles. The highest BCUT2D eigenvalue weighted by Crippen LogP contribution is 2.47. The average Bonchev–Trinajstić information content (AvgIpc) is 3.34. The van der Waals surface area contributed by atoms with Crippen LogP contribution < -0.4 is 14.5 Å². The number of carbonyl (C=O) groups excluding carboxylic acids is 1. The molecule has 0 amide bonds. The minimum absolute atomic E-state index is 0.0535. The normalized spacial score (nSPS) is 19.7. The smallest absolute Gasteiger partial charge is 0.338 e. The predicted octanol–water partition coefficient (Wildman–Crippen LogP) is 6.17. The number of nitrogens with one attached hydrogen (secondary N) is 1. The number of hydrogen-bond acceptors (Lipinski definition) is 10. The van der Waals surface area contributed by atoms with Crippen LogP contribution in [0.25, 0.3) is 0 Å². The van der Waals surface area contributed by atoms with E-state index in [4.69, 9.17) is 30.6 Å². The highest BCUT2D eigenvalue weighted by molar-refractivity contribution is 7.98. The van der Waals surface area contributed by atoms with Gasteiger partial charge in [-0.05, 0) is 50.7 Å². The van der Waals surface area contributed by atoms with E-state index in [-0.39, 0.29) is 30.2 Å². The van der Waals surface area contributed by atoms with Gasteiger partial charge in [0.1, 0.15) is 17.5 Å². The second-order valence-corrected chi connectivity index (χ2v) is 18.1. The molecular formula is C29H45N3O6S2Si. The SMILES string of the molecule is COc1cc(O[Si](C)(C)C(C)(C)C(C)C)c2c(c1C)C(=O)OC[C@@H](CO)CCC(=S)N[C@H](c1nc(C)no1)CSC2. The third kappa shape index (κ3) is 7.82. The number of esters is 1. The van der Waals surface area contributed by atoms with Gasteiger partial charge in [-0.1, -0.05) is 45.1 Å². The Bertz CT molecular complexity index is 1230. The van der Waals surface area contributed by atoms with Crippen LogP contribution in [0.1, 0.15) is 79.8 Å². The van der Waals surface area contributed by atoms with Crippen molar-refractivity contribution in [3.8, 4) is 11.5 Å². The fourth-order valence-electron chi connectivity index (χ4n) is 4.61. The summed E-state index contributed by atoms with van der Waals surface area (Å²) in [6.45, 7) is 16.9. The average molecular weight is 624 g/mol. The van der Waals surface area contributed by atoms with Gasteiger partial charge in [0.15, 0.2) is 5.82 Å². The van der Waals surface area contributed by atoms with Crippen LogP contribution in [0.15, 0.2) is 10.6 Å². The molecule has 3 rings (SSSR count). The Morgan fingerprint density at radius 2 is 2.00 bits per heavy atom. The zero-order valence-corrected chi connectivity index (χ0v) is 28.4. The molecule has 0 saturated carbocycles. The van der Waals surface area contributed by atoms with Crippen LogP contribution in [-0.4, -0.2) is 60.6 Å². The maximum absolute atomic E-state index is 13.7. The van der Waals surface area contributed by atoms with Crippen molar-refractivity contribution in [2.45, 2.75) is 84.3 Å². The third-order valence-electron chi connectivity index (χ3n) is 8.59. The number of rotatable bonds is 7. The van der Waals surface area contributed by atoms with Gasteiger partial charge in [0.2, 0.25) is 5.89 Å². The van der Waals surface area contributed by atoms with Crippen molar-refractivity contribution in [3.63, 3.8) is 0 Å². The van der Waals surface area contributed by atoms with Crippen molar-refractivity contribution in [2.75, 3.05) is 26.1 Å². The Hall–Kier alpha value is -2.15. The summed E-state index contributed by atoms with van der Waals surface area (Å²) in [5.74, 6) is 2.92. The maximum atomic E-state index is 13.7. The summed E-state index contributed by atoms with van der Waals surface area (Å²) in [4.78, 5) is 18.8. The van der Waals surface area contributed by atoms with Gasteiger partial charge in [0.25, 0.3) is 8.32 Å². The van der Waals surface area contributed by atoms with E-state index in [1.807, 2.05) is 13.0 Å². The topological polar surface area (TPSA) is 116 Å². The Morgan fingerprint density at radius 1 is 1.29 bits per heavy atom. The van der Waals surface area contributed by atoms with Crippen LogP contribution in [0.5, 0.6) is 11.5 Å². The first kappa shape index (κ1) is 33.4. The van der Waals surface area contributed by atoms with E-state index in [0.717, 1.165) is 5.56 Å². The lowest BCUT2D eigenvalue weighted by atomic mass is 9.99. The molecule has 1 aliphatic rings. The number of benzene rings is 1. The van der Waals surface area contributed by atoms with Gasteiger partial charge in [0.05, 0.1) is 24.3 Å². The maximum Gasteiger partial charge on any atom is 0.338 e. The van der Waals surface area contributed by atoms with E-state index >= 15 is 0 Å². The lowest BCUT2D eigenvalue weighted by molar-refractivity contribution is 0.0377. The van der Waals surface area contributed by atoms with Gasteiger partial charge >= 0.3 is 5.97 Å². The lowest BCUT2D eigenvalue weighted by Crippen LogP contribution is -2.48. The number of thioether (sulfide) groups is 1. The predicted molar refractivity (Wildman–Crippen MR) is 168 cm³/mol. The number of methoxy groups -OCH3 is 1. The third-order valence-corrected chi connectivity index (χ3v) is 14.4. The second kappa shape index (κ2) is 13.9. The Balaban J connectivity index is 2.11. The molecule has 0 saturated heterocycles. The first-order valence-corrected chi connectivity index (χ1v) is 18.5. The molecule has 0 unspecified atom stereocenters. The lowest BCUT2D eigenvalue weighted by Gasteiger charge is -2.43. The number of fused-ring (bicyclic) bond motifs is 1. The van der Waals surface area contributed by atoms with Crippen molar-refractivity contribution >= 4 is 43.3 Å². The minimum atomic E-state index is -2.36. The molecule has 0 bridgehead atoms. The molecule has 41 heavy (non-hydrogen) atoms. The van der Waals surface area contributed by atoms with E-state index in [2.05, 4.69) is 56.2 Å². The van der Waals surface area contributed by atoms with E-state index in [0.29, 0.717) is 69.6 Å². The highest BCUT2D eigenvalue weighted by atomic mass is 32.2. The quantitative estimate of drug-likeness (QED) is 0.210. The standard InChI is InChI=1S/C29H45N3O6S2Si/c1-17(2)29(5,6)41(8,9)38-24-12-23(35-7)18(3)26-21(24)15-40-16-22(27-30-19(4)32-37-27)31-25(39)11-10-20(13-33)14-36-28(26)34/h12,17,20,22,33H,10-11,13-16H2,1-9H3,(H,31,39)/t20-,22+/m1/s1. The van der Waals surface area contributed by atoms with E-state index in [1.54, 1.807) is 25.8 Å². The number of aliphatic hydroxyl groups excluding tert-OH is 1. The largest absolute Gasteiger partial charge is 0.543 e. The van der Waals surface area contributed by atoms with E-state index < -0.39 is 14.3 Å². The zero-order chi connectivity index (χ0) is 30.5. The number of aliphatic hydroxyl groups is 1. The number of nitrogens with zero attached hydrogens (tertiary/aromatic N) is 2. The van der Waals surface area contributed by atoms with E-state index in [9.17, 15) is 9.90 Å². The summed E-state index contributed by atoms with van der Waals surface area (Å²) in [5, 5.41) is 17.3. The van der Waals surface area contributed by atoms with Crippen molar-refractivity contribution in [1.29, 1.82) is 0 Å². The number of aryl methyl sites for hydroxylation is 1. The van der Waals surface area contributed by atoms with Gasteiger partial charge in [0, 0.05) is 41.2 Å². The summed E-state index contributed by atoms with van der Waals surface area (Å²) in [6.07, 6.45) is 1.08. The molecule has 1 aromatic carbocycles. The van der Waals surface area contributed by atoms with Crippen LogP contribution in [0, 0.1) is 25.7 Å². The van der Waals surface area contributed by atoms with Crippen molar-refractivity contribution < 1.29 is 28.3 Å². The molecule has 12 heteroatoms. The first-order chi connectivity index (χ1) is 19.2. The van der Waals surface area contributed by atoms with Crippen LogP contribution >= 0.6 is 24.0 Å².